The molecular formula is C16H25BrN4O2. The van der Waals surface area contributed by atoms with Gasteiger partial charge in [-0.25, -0.2) is 4.79 Å². The number of carbonyl (C=O) groups is 1. The van der Waals surface area contributed by atoms with Crippen molar-refractivity contribution in [1.82, 2.24) is 15.5 Å². The second-order valence-electron chi connectivity index (χ2n) is 5.97. The molecule has 0 spiro atoms. The minimum atomic E-state index is -0.485. The molecule has 1 heterocycles. The number of hydrogen-bond donors (Lipinski definition) is 3. The van der Waals surface area contributed by atoms with Gasteiger partial charge in [-0.15, -0.1) is 0 Å². The lowest BCUT2D eigenvalue weighted by molar-refractivity contribution is 0.0263. The highest BCUT2D eigenvalue weighted by Crippen LogP contribution is 2.13. The molecule has 0 aliphatic carbocycles. The molecule has 0 atom stereocenters. The van der Waals surface area contributed by atoms with Crippen molar-refractivity contribution < 1.29 is 9.53 Å². The molecule has 1 amide bonds. The predicted molar refractivity (Wildman–Crippen MR) is 96.6 cm³/mol. The smallest absolute Gasteiger partial charge is 0.410 e. The quantitative estimate of drug-likeness (QED) is 0.614. The molecule has 1 aliphatic rings. The van der Waals surface area contributed by atoms with Gasteiger partial charge in [0.15, 0.2) is 0 Å². The number of ether oxygens (including phenoxy) is 1. The van der Waals surface area contributed by atoms with Crippen LogP contribution in [-0.2, 0) is 4.74 Å². The standard InChI is InChI=1S/C16H25BrN4O2/c1-5-21(15(22)23-16(2,3)4)9-8-19-12-6-7-14(20-11-12)13(17)10-18/h6-7,10-11,18-20H,5,8-9H2,1-4H3/b14-13+,18-10?. The van der Waals surface area contributed by atoms with Gasteiger partial charge in [0.2, 0.25) is 0 Å². The van der Waals surface area contributed by atoms with Crippen LogP contribution in [0.15, 0.2) is 34.2 Å². The molecule has 23 heavy (non-hydrogen) atoms. The van der Waals surface area contributed by atoms with Crippen molar-refractivity contribution in [3.05, 3.63) is 34.2 Å². The maximum atomic E-state index is 12.0. The summed E-state index contributed by atoms with van der Waals surface area (Å²) in [5, 5.41) is 13.5. The zero-order valence-corrected chi connectivity index (χ0v) is 15.7. The van der Waals surface area contributed by atoms with Gasteiger partial charge < -0.3 is 25.7 Å². The van der Waals surface area contributed by atoms with Gasteiger partial charge in [-0.05, 0) is 55.8 Å². The van der Waals surface area contributed by atoms with Crippen LogP contribution in [0.5, 0.6) is 0 Å². The van der Waals surface area contributed by atoms with Gasteiger partial charge in [-0.2, -0.15) is 0 Å². The third-order valence-electron chi connectivity index (χ3n) is 2.94. The number of halogens is 1. The first-order chi connectivity index (χ1) is 10.8. The number of likely N-dealkylation sites (N-methyl/N-ethyl adjacent to an activating group) is 1. The van der Waals surface area contributed by atoms with Crippen molar-refractivity contribution in [2.75, 3.05) is 19.6 Å². The van der Waals surface area contributed by atoms with E-state index in [-0.39, 0.29) is 6.09 Å². The highest BCUT2D eigenvalue weighted by Gasteiger charge is 2.20. The van der Waals surface area contributed by atoms with E-state index < -0.39 is 5.60 Å². The number of nitrogens with one attached hydrogen (secondary N) is 3. The SMILES string of the molecule is CCN(CCNC1=CN/C(=C(/Br)C=N)C=C1)C(=O)OC(C)(C)C. The van der Waals surface area contributed by atoms with Gasteiger partial charge in [0, 0.05) is 32.0 Å². The number of amides is 1. The minimum absolute atomic E-state index is 0.298. The Hall–Kier alpha value is -1.76. The van der Waals surface area contributed by atoms with Gasteiger partial charge in [0.1, 0.15) is 5.60 Å². The Morgan fingerprint density at radius 3 is 2.65 bits per heavy atom. The summed E-state index contributed by atoms with van der Waals surface area (Å²) in [6.07, 6.45) is 6.56. The van der Waals surface area contributed by atoms with E-state index in [1.165, 1.54) is 6.21 Å². The molecule has 6 nitrogen and oxygen atoms in total. The molecular weight excluding hydrogens is 360 g/mol. The zero-order chi connectivity index (χ0) is 17.5. The normalized spacial score (nSPS) is 16.1. The van der Waals surface area contributed by atoms with Crippen molar-refractivity contribution >= 4 is 28.2 Å². The van der Waals surface area contributed by atoms with Crippen molar-refractivity contribution in [3.8, 4) is 0 Å². The fourth-order valence-corrected chi connectivity index (χ4v) is 2.05. The van der Waals surface area contributed by atoms with Crippen LogP contribution in [0.25, 0.3) is 0 Å². The van der Waals surface area contributed by atoms with E-state index in [4.69, 9.17) is 10.1 Å². The molecule has 0 fully saturated rings. The van der Waals surface area contributed by atoms with Gasteiger partial charge in [-0.3, -0.25) is 0 Å². The Kier molecular flexibility index (Phi) is 7.35. The second kappa shape index (κ2) is 8.76. The fourth-order valence-electron chi connectivity index (χ4n) is 1.80. The van der Waals surface area contributed by atoms with Crippen molar-refractivity contribution in [2.45, 2.75) is 33.3 Å². The van der Waals surface area contributed by atoms with Crippen molar-refractivity contribution in [2.24, 2.45) is 0 Å². The highest BCUT2D eigenvalue weighted by molar-refractivity contribution is 9.12. The first-order valence-corrected chi connectivity index (χ1v) is 8.33. The van der Waals surface area contributed by atoms with Gasteiger partial charge in [-0.1, -0.05) is 0 Å². The van der Waals surface area contributed by atoms with Crippen LogP contribution in [0.1, 0.15) is 27.7 Å². The lowest BCUT2D eigenvalue weighted by atomic mass is 10.2. The molecule has 0 saturated heterocycles. The summed E-state index contributed by atoms with van der Waals surface area (Å²) in [6, 6.07) is 0. The van der Waals surface area contributed by atoms with Crippen LogP contribution in [0.4, 0.5) is 4.79 Å². The molecule has 3 N–H and O–H groups in total. The maximum Gasteiger partial charge on any atom is 0.410 e. The molecule has 1 aliphatic heterocycles. The lowest BCUT2D eigenvalue weighted by Gasteiger charge is -2.26. The molecule has 128 valence electrons. The Morgan fingerprint density at radius 2 is 2.17 bits per heavy atom. The minimum Gasteiger partial charge on any atom is -0.444 e. The van der Waals surface area contributed by atoms with E-state index in [1.807, 2.05) is 46.0 Å². The summed E-state index contributed by atoms with van der Waals surface area (Å²) in [5.74, 6) is 0. The predicted octanol–water partition coefficient (Wildman–Crippen LogP) is 3.09. The second-order valence-corrected chi connectivity index (χ2v) is 6.82. The molecule has 0 saturated carbocycles. The largest absolute Gasteiger partial charge is 0.444 e. The summed E-state index contributed by atoms with van der Waals surface area (Å²) in [4.78, 5) is 13.7. The summed E-state index contributed by atoms with van der Waals surface area (Å²) < 4.78 is 6.06. The van der Waals surface area contributed by atoms with E-state index in [1.54, 1.807) is 4.90 Å². The zero-order valence-electron chi connectivity index (χ0n) is 14.1. The van der Waals surface area contributed by atoms with Crippen LogP contribution >= 0.6 is 15.9 Å². The van der Waals surface area contributed by atoms with Crippen molar-refractivity contribution in [3.63, 3.8) is 0 Å². The molecule has 1 rings (SSSR count). The average molecular weight is 385 g/mol. The van der Waals surface area contributed by atoms with E-state index in [0.29, 0.717) is 24.1 Å². The molecule has 0 aromatic heterocycles. The van der Waals surface area contributed by atoms with E-state index in [0.717, 1.165) is 11.4 Å². The molecule has 0 radical (unpaired) electrons. The maximum absolute atomic E-state index is 12.0. The summed E-state index contributed by atoms with van der Waals surface area (Å²) in [5.41, 5.74) is 1.26. The van der Waals surface area contributed by atoms with Crippen LogP contribution in [0.2, 0.25) is 0 Å². The number of hydrogen-bond acceptors (Lipinski definition) is 5. The summed E-state index contributed by atoms with van der Waals surface area (Å²) in [6.45, 7) is 9.28. The number of dihydropyridines is 1. The number of carbonyl (C=O) groups excluding carboxylic acids is 1. The Labute approximate surface area is 146 Å². The number of rotatable bonds is 6. The van der Waals surface area contributed by atoms with E-state index in [9.17, 15) is 4.79 Å². The van der Waals surface area contributed by atoms with Gasteiger partial charge in [0.05, 0.1) is 15.9 Å². The molecule has 0 unspecified atom stereocenters. The molecule has 0 aromatic rings. The number of nitrogens with zero attached hydrogens (tertiary/aromatic N) is 1. The summed E-state index contributed by atoms with van der Waals surface area (Å²) >= 11 is 3.29. The Balaban J connectivity index is 2.45. The van der Waals surface area contributed by atoms with Crippen molar-refractivity contribution in [1.29, 1.82) is 5.41 Å². The average Bonchev–Trinajstić information content (AvgIpc) is 2.49. The van der Waals surface area contributed by atoms with E-state index in [2.05, 4.69) is 26.6 Å². The van der Waals surface area contributed by atoms with Crippen LogP contribution in [0.3, 0.4) is 0 Å². The first-order valence-electron chi connectivity index (χ1n) is 7.53. The van der Waals surface area contributed by atoms with Crippen LogP contribution in [-0.4, -0.2) is 42.4 Å². The first kappa shape index (κ1) is 19.3. The van der Waals surface area contributed by atoms with E-state index >= 15 is 0 Å². The highest BCUT2D eigenvalue weighted by atomic mass is 79.9. The lowest BCUT2D eigenvalue weighted by Crippen LogP contribution is -2.40. The monoisotopic (exact) mass is 384 g/mol. The summed E-state index contributed by atoms with van der Waals surface area (Å²) in [7, 11) is 0. The Morgan fingerprint density at radius 1 is 1.48 bits per heavy atom. The van der Waals surface area contributed by atoms with Gasteiger partial charge in [0.25, 0.3) is 0 Å². The topological polar surface area (TPSA) is 77.5 Å². The van der Waals surface area contributed by atoms with Gasteiger partial charge >= 0.3 is 6.09 Å². The van der Waals surface area contributed by atoms with Crippen LogP contribution in [0, 0.1) is 5.41 Å². The van der Waals surface area contributed by atoms with Crippen LogP contribution < -0.4 is 10.6 Å². The molecule has 7 heteroatoms. The number of allylic oxidation sites excluding steroid dienone is 3. The third kappa shape index (κ3) is 6.90. The molecule has 0 bridgehead atoms. The third-order valence-corrected chi connectivity index (χ3v) is 3.60. The fraction of sp³-hybridized carbons (Fsp3) is 0.500. The Bertz CT molecular complexity index is 533. The molecule has 0 aromatic carbocycles.